The minimum atomic E-state index is -0.712. The summed E-state index contributed by atoms with van der Waals surface area (Å²) in [7, 11) is 0. The van der Waals surface area contributed by atoms with Crippen molar-refractivity contribution in [3.8, 4) is 11.3 Å². The number of amides is 3. The zero-order valence-corrected chi connectivity index (χ0v) is 15.3. The summed E-state index contributed by atoms with van der Waals surface area (Å²) >= 11 is 0. The average Bonchev–Trinajstić information content (AvgIpc) is 3.28. The summed E-state index contributed by atoms with van der Waals surface area (Å²) in [5, 5.41) is 2.24. The molecule has 0 atom stereocenters. The number of imide groups is 1. The van der Waals surface area contributed by atoms with Crippen LogP contribution >= 0.6 is 0 Å². The number of halogens is 1. The van der Waals surface area contributed by atoms with E-state index in [1.807, 2.05) is 24.3 Å². The number of nitrogens with one attached hydrogen (secondary N) is 2. The van der Waals surface area contributed by atoms with Crippen LogP contribution in [0, 0.1) is 5.82 Å². The van der Waals surface area contributed by atoms with Crippen molar-refractivity contribution in [1.82, 2.24) is 20.4 Å². The Morgan fingerprint density at radius 3 is 2.40 bits per heavy atom. The third-order valence-electron chi connectivity index (χ3n) is 4.87. The van der Waals surface area contributed by atoms with Crippen molar-refractivity contribution in [2.75, 3.05) is 0 Å². The van der Waals surface area contributed by atoms with E-state index in [2.05, 4.69) is 15.4 Å². The van der Waals surface area contributed by atoms with Crippen LogP contribution in [0.3, 0.4) is 0 Å². The normalized spacial score (nSPS) is 13.6. The van der Waals surface area contributed by atoms with Crippen LogP contribution in [-0.4, -0.2) is 32.7 Å². The van der Waals surface area contributed by atoms with Crippen molar-refractivity contribution in [3.05, 3.63) is 78.3 Å². The highest BCUT2D eigenvalue weighted by Gasteiger charge is 2.27. The summed E-state index contributed by atoms with van der Waals surface area (Å²) in [6.07, 6.45) is 2.14. The maximum Gasteiger partial charge on any atom is 0.288 e. The van der Waals surface area contributed by atoms with E-state index in [9.17, 15) is 18.8 Å². The van der Waals surface area contributed by atoms with Gasteiger partial charge in [-0.15, -0.1) is 0 Å². The topological polar surface area (TPSA) is 95.2 Å². The molecule has 5 rings (SSSR count). The summed E-state index contributed by atoms with van der Waals surface area (Å²) < 4.78 is 13.4. The van der Waals surface area contributed by atoms with E-state index in [1.54, 1.807) is 18.2 Å². The first-order chi connectivity index (χ1) is 14.5. The van der Waals surface area contributed by atoms with Crippen LogP contribution in [0.1, 0.15) is 10.5 Å². The summed E-state index contributed by atoms with van der Waals surface area (Å²) in [6, 6.07) is 14.9. The molecule has 2 aromatic heterocycles. The number of carbonyl (C=O) groups excluding carboxylic acids is 3. The van der Waals surface area contributed by atoms with Gasteiger partial charge in [0.05, 0.1) is 11.2 Å². The van der Waals surface area contributed by atoms with Gasteiger partial charge in [-0.05, 0) is 36.4 Å². The third-order valence-corrected chi connectivity index (χ3v) is 4.87. The van der Waals surface area contributed by atoms with Gasteiger partial charge < -0.3 is 4.98 Å². The summed E-state index contributed by atoms with van der Waals surface area (Å²) in [6.45, 7) is 0. The predicted octanol–water partition coefficient (Wildman–Crippen LogP) is 3.09. The molecule has 1 aliphatic heterocycles. The minimum Gasteiger partial charge on any atom is -0.353 e. The average molecular weight is 400 g/mol. The lowest BCUT2D eigenvalue weighted by atomic mass is 10.1. The Bertz CT molecular complexity index is 1370. The Labute approximate surface area is 168 Å². The number of benzene rings is 2. The fourth-order valence-corrected chi connectivity index (χ4v) is 3.45. The Hall–Kier alpha value is -4.33. The van der Waals surface area contributed by atoms with E-state index >= 15 is 0 Å². The van der Waals surface area contributed by atoms with Crippen molar-refractivity contribution >= 4 is 39.5 Å². The lowest BCUT2D eigenvalue weighted by molar-refractivity contribution is -0.139. The van der Waals surface area contributed by atoms with Gasteiger partial charge in [0.1, 0.15) is 11.5 Å². The van der Waals surface area contributed by atoms with E-state index in [1.165, 1.54) is 12.1 Å². The lowest BCUT2D eigenvalue weighted by Gasteiger charge is -2.15. The van der Waals surface area contributed by atoms with Gasteiger partial charge in [0.2, 0.25) is 0 Å². The predicted molar refractivity (Wildman–Crippen MR) is 107 cm³/mol. The van der Waals surface area contributed by atoms with Crippen LogP contribution in [0.15, 0.2) is 66.7 Å². The molecule has 0 saturated heterocycles. The highest BCUT2D eigenvalue weighted by atomic mass is 19.1. The van der Waals surface area contributed by atoms with Gasteiger partial charge in [-0.25, -0.2) is 9.37 Å². The number of hydrazine groups is 1. The second-order valence-electron chi connectivity index (χ2n) is 6.74. The molecular weight excluding hydrogens is 387 g/mol. The molecule has 2 aromatic carbocycles. The van der Waals surface area contributed by atoms with Gasteiger partial charge in [-0.1, -0.05) is 18.2 Å². The molecule has 0 radical (unpaired) electrons. The van der Waals surface area contributed by atoms with Gasteiger partial charge in [-0.3, -0.25) is 19.8 Å². The Morgan fingerprint density at radius 2 is 1.67 bits per heavy atom. The first-order valence-electron chi connectivity index (χ1n) is 9.06. The quantitative estimate of drug-likeness (QED) is 0.517. The van der Waals surface area contributed by atoms with Crippen LogP contribution in [0.4, 0.5) is 4.39 Å². The molecule has 3 heterocycles. The van der Waals surface area contributed by atoms with Crippen molar-refractivity contribution in [2.24, 2.45) is 0 Å². The van der Waals surface area contributed by atoms with Crippen LogP contribution in [0.25, 0.3) is 33.1 Å². The molecule has 0 spiro atoms. The molecule has 7 nitrogen and oxygen atoms in total. The molecule has 146 valence electrons. The smallest absolute Gasteiger partial charge is 0.288 e. The number of pyridine rings is 1. The molecular formula is C22H13FN4O3. The molecule has 1 aliphatic rings. The SMILES string of the molecule is O=C(NN1C(=O)C=CC1=O)c1cc2c([nH]c3ccccc32)c(-c2ccc(F)cc2)n1. The van der Waals surface area contributed by atoms with Gasteiger partial charge >= 0.3 is 0 Å². The number of fused-ring (bicyclic) bond motifs is 3. The summed E-state index contributed by atoms with van der Waals surface area (Å²) in [5.41, 5.74) is 4.90. The van der Waals surface area contributed by atoms with Crippen LogP contribution in [0.5, 0.6) is 0 Å². The van der Waals surface area contributed by atoms with Gasteiger partial charge in [-0.2, -0.15) is 5.01 Å². The van der Waals surface area contributed by atoms with Gasteiger partial charge in [0.15, 0.2) is 0 Å². The Morgan fingerprint density at radius 1 is 0.967 bits per heavy atom. The molecule has 4 aromatic rings. The van der Waals surface area contributed by atoms with E-state index in [0.29, 0.717) is 21.8 Å². The summed E-state index contributed by atoms with van der Waals surface area (Å²) in [5.74, 6) is -2.38. The number of para-hydroxylation sites is 1. The molecule has 0 saturated carbocycles. The van der Waals surface area contributed by atoms with Crippen LogP contribution < -0.4 is 5.43 Å². The lowest BCUT2D eigenvalue weighted by Crippen LogP contribution is -2.46. The Balaban J connectivity index is 1.68. The van der Waals surface area contributed by atoms with Crippen LogP contribution in [-0.2, 0) is 9.59 Å². The fourth-order valence-electron chi connectivity index (χ4n) is 3.45. The van der Waals surface area contributed by atoms with Crippen molar-refractivity contribution in [1.29, 1.82) is 0 Å². The molecule has 0 unspecified atom stereocenters. The zero-order chi connectivity index (χ0) is 20.8. The monoisotopic (exact) mass is 400 g/mol. The largest absolute Gasteiger partial charge is 0.353 e. The highest BCUT2D eigenvalue weighted by molar-refractivity contribution is 6.15. The second-order valence-corrected chi connectivity index (χ2v) is 6.74. The molecule has 3 amide bonds. The number of aromatic nitrogens is 2. The maximum absolute atomic E-state index is 13.4. The maximum atomic E-state index is 13.4. The number of carbonyl (C=O) groups is 3. The molecule has 0 bridgehead atoms. The Kier molecular flexibility index (Phi) is 3.92. The van der Waals surface area contributed by atoms with E-state index in [4.69, 9.17) is 0 Å². The van der Waals surface area contributed by atoms with Gasteiger partial charge in [0.25, 0.3) is 17.7 Å². The molecule has 30 heavy (non-hydrogen) atoms. The number of rotatable bonds is 3. The standard InChI is InChI=1S/C22H13FN4O3/c23-13-7-5-12(6-8-13)20-21-15(14-3-1-2-4-16(14)24-21)11-17(25-20)22(30)26-27-18(28)9-10-19(27)29/h1-11,24H,(H,26,30). The number of hydrogen-bond donors (Lipinski definition) is 2. The molecule has 0 fully saturated rings. The first kappa shape index (κ1) is 17.7. The highest BCUT2D eigenvalue weighted by Crippen LogP contribution is 2.32. The minimum absolute atomic E-state index is 0.0130. The van der Waals surface area contributed by atoms with Gasteiger partial charge in [0, 0.05) is 34.0 Å². The van der Waals surface area contributed by atoms with E-state index in [0.717, 1.165) is 28.4 Å². The van der Waals surface area contributed by atoms with Crippen molar-refractivity contribution < 1.29 is 18.8 Å². The van der Waals surface area contributed by atoms with E-state index in [-0.39, 0.29) is 11.5 Å². The van der Waals surface area contributed by atoms with Crippen LogP contribution in [0.2, 0.25) is 0 Å². The fraction of sp³-hybridized carbons (Fsp3) is 0. The zero-order valence-electron chi connectivity index (χ0n) is 15.3. The molecule has 0 aliphatic carbocycles. The van der Waals surface area contributed by atoms with Crippen molar-refractivity contribution in [3.63, 3.8) is 0 Å². The number of hydrogen-bond acceptors (Lipinski definition) is 4. The third kappa shape index (κ3) is 2.82. The first-order valence-corrected chi connectivity index (χ1v) is 9.06. The second kappa shape index (κ2) is 6.63. The number of H-pyrrole nitrogens is 1. The van der Waals surface area contributed by atoms with E-state index < -0.39 is 17.7 Å². The molecule has 8 heteroatoms. The summed E-state index contributed by atoms with van der Waals surface area (Å²) in [4.78, 5) is 44.1. The van der Waals surface area contributed by atoms with Crippen molar-refractivity contribution in [2.45, 2.75) is 0 Å². The number of aromatic amines is 1. The molecule has 2 N–H and O–H groups in total. The number of nitrogens with zero attached hydrogens (tertiary/aromatic N) is 2.